The van der Waals surface area contributed by atoms with Gasteiger partial charge in [0, 0.05) is 35.4 Å². The van der Waals surface area contributed by atoms with E-state index in [2.05, 4.69) is 15.3 Å². The standard InChI is InChI=1S/C21H22Cl2F4N6O/c22-11-6-12(23)8-13(7-11)31-15-2-1-4-33(20(15)34)16-9-32(5-3-14(16)21(25,26)27)19-17(24)18(28)29-10-30-19/h6-8,10,14-16,31H,1-5,9H2,(H2,28,29,30)/t14?,15-,16-/m1/s1. The number of aromatic nitrogens is 2. The fraction of sp³-hybridized carbons (Fsp3) is 0.476. The number of nitrogens with one attached hydrogen (secondary N) is 1. The van der Waals surface area contributed by atoms with E-state index in [-0.39, 0.29) is 31.9 Å². The molecular weight excluding hydrogens is 499 g/mol. The smallest absolute Gasteiger partial charge is 0.381 e. The highest BCUT2D eigenvalue weighted by atomic mass is 35.5. The minimum atomic E-state index is -4.53. The van der Waals surface area contributed by atoms with Crippen LogP contribution in [-0.4, -0.2) is 58.7 Å². The van der Waals surface area contributed by atoms with Crippen molar-refractivity contribution in [2.45, 2.75) is 37.5 Å². The van der Waals surface area contributed by atoms with Gasteiger partial charge in [0.15, 0.2) is 11.6 Å². The first-order valence-corrected chi connectivity index (χ1v) is 11.4. The van der Waals surface area contributed by atoms with Crippen LogP contribution in [0.2, 0.25) is 10.0 Å². The summed E-state index contributed by atoms with van der Waals surface area (Å²) in [6.45, 7) is -0.162. The lowest BCUT2D eigenvalue weighted by Crippen LogP contribution is -2.62. The van der Waals surface area contributed by atoms with Gasteiger partial charge in [0.05, 0.1) is 12.0 Å². The van der Waals surface area contributed by atoms with Crippen LogP contribution in [0.4, 0.5) is 34.9 Å². The van der Waals surface area contributed by atoms with Gasteiger partial charge in [-0.3, -0.25) is 4.79 Å². The Morgan fingerprint density at radius 1 is 1.09 bits per heavy atom. The molecule has 7 nitrogen and oxygen atoms in total. The molecule has 4 rings (SSSR count). The number of likely N-dealkylation sites (tertiary alicyclic amines) is 1. The van der Waals surface area contributed by atoms with E-state index in [0.717, 1.165) is 6.33 Å². The first kappa shape index (κ1) is 24.6. The van der Waals surface area contributed by atoms with Gasteiger partial charge in [-0.2, -0.15) is 17.6 Å². The third-order valence-corrected chi connectivity index (χ3v) is 6.61. The van der Waals surface area contributed by atoms with Gasteiger partial charge >= 0.3 is 6.18 Å². The van der Waals surface area contributed by atoms with Crippen molar-refractivity contribution in [1.82, 2.24) is 14.9 Å². The average Bonchev–Trinajstić information content (AvgIpc) is 2.75. The molecule has 184 valence electrons. The van der Waals surface area contributed by atoms with Crippen LogP contribution in [-0.2, 0) is 4.79 Å². The van der Waals surface area contributed by atoms with Crippen LogP contribution in [0.5, 0.6) is 0 Å². The maximum atomic E-state index is 14.5. The third kappa shape index (κ3) is 5.10. The fourth-order valence-electron chi connectivity index (χ4n) is 4.62. The molecular formula is C21H22Cl2F4N6O. The summed E-state index contributed by atoms with van der Waals surface area (Å²) in [7, 11) is 0. The second-order valence-electron chi connectivity index (χ2n) is 8.38. The van der Waals surface area contributed by atoms with Gasteiger partial charge in [0.25, 0.3) is 0 Å². The number of nitrogens with zero attached hydrogens (tertiary/aromatic N) is 4. The van der Waals surface area contributed by atoms with Crippen LogP contribution in [0.3, 0.4) is 0 Å². The first-order chi connectivity index (χ1) is 16.0. The van der Waals surface area contributed by atoms with Crippen molar-refractivity contribution < 1.29 is 22.4 Å². The van der Waals surface area contributed by atoms with Crippen molar-refractivity contribution in [2.75, 3.05) is 35.6 Å². The van der Waals surface area contributed by atoms with E-state index in [1.807, 2.05) is 0 Å². The normalized spacial score (nSPS) is 23.8. The SMILES string of the molecule is Nc1ncnc(N2CCC(C(F)(F)F)[C@H](N3CCC[C@@H](Nc4cc(Cl)cc(Cl)c4)C3=O)C2)c1F. The Hall–Kier alpha value is -2.53. The minimum absolute atomic E-state index is 0.0846. The second kappa shape index (κ2) is 9.61. The predicted octanol–water partition coefficient (Wildman–Crippen LogP) is 4.37. The van der Waals surface area contributed by atoms with Crippen LogP contribution < -0.4 is 16.0 Å². The molecule has 0 aliphatic carbocycles. The summed E-state index contributed by atoms with van der Waals surface area (Å²) in [5.41, 5.74) is 6.01. The molecule has 0 spiro atoms. The topological polar surface area (TPSA) is 87.4 Å². The molecule has 2 aromatic rings. The third-order valence-electron chi connectivity index (χ3n) is 6.18. The number of alkyl halides is 3. The summed E-state index contributed by atoms with van der Waals surface area (Å²) in [5, 5.41) is 3.77. The lowest BCUT2D eigenvalue weighted by molar-refractivity contribution is -0.197. The number of benzene rings is 1. The number of amides is 1. The van der Waals surface area contributed by atoms with Crippen molar-refractivity contribution in [3.8, 4) is 0 Å². The zero-order valence-electron chi connectivity index (χ0n) is 17.8. The number of rotatable bonds is 4. The van der Waals surface area contributed by atoms with E-state index in [1.165, 1.54) is 15.9 Å². The molecule has 0 saturated carbocycles. The average molecular weight is 521 g/mol. The van der Waals surface area contributed by atoms with Crippen LogP contribution in [0.1, 0.15) is 19.3 Å². The van der Waals surface area contributed by atoms with Crippen molar-refractivity contribution >= 4 is 46.4 Å². The Labute approximate surface area is 203 Å². The Morgan fingerprint density at radius 2 is 1.79 bits per heavy atom. The van der Waals surface area contributed by atoms with E-state index in [0.29, 0.717) is 28.6 Å². The van der Waals surface area contributed by atoms with Crippen molar-refractivity contribution in [3.63, 3.8) is 0 Å². The number of nitrogen functional groups attached to an aromatic ring is 1. The molecule has 3 atom stereocenters. The number of hydrogen-bond donors (Lipinski definition) is 2. The van der Waals surface area contributed by atoms with Gasteiger partial charge < -0.3 is 20.9 Å². The Kier molecular flexibility index (Phi) is 6.95. The molecule has 34 heavy (non-hydrogen) atoms. The van der Waals surface area contributed by atoms with Crippen LogP contribution in [0.25, 0.3) is 0 Å². The number of carbonyl (C=O) groups is 1. The van der Waals surface area contributed by atoms with Gasteiger partial charge in [0.2, 0.25) is 11.7 Å². The number of hydrogen-bond acceptors (Lipinski definition) is 6. The van der Waals surface area contributed by atoms with E-state index in [4.69, 9.17) is 28.9 Å². The highest BCUT2D eigenvalue weighted by Gasteiger charge is 2.51. The fourth-order valence-corrected chi connectivity index (χ4v) is 5.14. The maximum absolute atomic E-state index is 14.5. The summed E-state index contributed by atoms with van der Waals surface area (Å²) in [6, 6.07) is 2.74. The Bertz CT molecular complexity index is 1050. The zero-order valence-corrected chi connectivity index (χ0v) is 19.3. The van der Waals surface area contributed by atoms with Gasteiger partial charge in [-0.05, 0) is 37.5 Å². The van der Waals surface area contributed by atoms with Crippen molar-refractivity contribution in [3.05, 3.63) is 40.4 Å². The molecule has 2 fully saturated rings. The monoisotopic (exact) mass is 520 g/mol. The molecule has 0 radical (unpaired) electrons. The highest BCUT2D eigenvalue weighted by Crippen LogP contribution is 2.39. The lowest BCUT2D eigenvalue weighted by Gasteiger charge is -2.47. The van der Waals surface area contributed by atoms with Gasteiger partial charge in [-0.1, -0.05) is 23.2 Å². The lowest BCUT2D eigenvalue weighted by atomic mass is 9.87. The molecule has 1 aromatic carbocycles. The van der Waals surface area contributed by atoms with Crippen molar-refractivity contribution in [1.29, 1.82) is 0 Å². The second-order valence-corrected chi connectivity index (χ2v) is 9.25. The van der Waals surface area contributed by atoms with E-state index < -0.39 is 41.7 Å². The largest absolute Gasteiger partial charge is 0.393 e. The molecule has 0 bridgehead atoms. The molecule has 2 aliphatic heterocycles. The van der Waals surface area contributed by atoms with E-state index >= 15 is 0 Å². The maximum Gasteiger partial charge on any atom is 0.393 e. The zero-order chi connectivity index (χ0) is 24.6. The van der Waals surface area contributed by atoms with Gasteiger partial charge in [-0.25, -0.2) is 9.97 Å². The molecule has 1 aromatic heterocycles. The van der Waals surface area contributed by atoms with Crippen LogP contribution >= 0.6 is 23.2 Å². The number of anilines is 3. The Morgan fingerprint density at radius 3 is 2.47 bits per heavy atom. The molecule has 13 heteroatoms. The van der Waals surface area contributed by atoms with Gasteiger partial charge in [-0.15, -0.1) is 0 Å². The summed E-state index contributed by atoms with van der Waals surface area (Å²) in [6.07, 6.45) is -2.86. The number of piperidine rings is 2. The van der Waals surface area contributed by atoms with Crippen LogP contribution in [0.15, 0.2) is 24.5 Å². The minimum Gasteiger partial charge on any atom is -0.381 e. The van der Waals surface area contributed by atoms with Crippen molar-refractivity contribution in [2.24, 2.45) is 5.92 Å². The van der Waals surface area contributed by atoms with Crippen LogP contribution in [0, 0.1) is 11.7 Å². The quantitative estimate of drug-likeness (QED) is 0.582. The summed E-state index contributed by atoms with van der Waals surface area (Å²) in [4.78, 5) is 23.4. The predicted molar refractivity (Wildman–Crippen MR) is 121 cm³/mol. The Balaban J connectivity index is 1.59. The van der Waals surface area contributed by atoms with Gasteiger partial charge in [0.1, 0.15) is 12.4 Å². The van der Waals surface area contributed by atoms with E-state index in [9.17, 15) is 22.4 Å². The summed E-state index contributed by atoms with van der Waals surface area (Å²) in [5.74, 6) is -3.68. The summed E-state index contributed by atoms with van der Waals surface area (Å²) >= 11 is 12.0. The number of nitrogens with two attached hydrogens (primary N) is 1. The summed E-state index contributed by atoms with van der Waals surface area (Å²) < 4.78 is 56.4. The molecule has 1 unspecified atom stereocenters. The number of carbonyl (C=O) groups excluding carboxylic acids is 1. The van der Waals surface area contributed by atoms with E-state index in [1.54, 1.807) is 12.1 Å². The molecule has 3 N–H and O–H groups in total. The molecule has 2 saturated heterocycles. The highest BCUT2D eigenvalue weighted by molar-refractivity contribution is 6.35. The number of halogens is 6. The molecule has 1 amide bonds. The first-order valence-electron chi connectivity index (χ1n) is 10.7. The molecule has 3 heterocycles. The molecule has 2 aliphatic rings.